The van der Waals surface area contributed by atoms with E-state index in [1.165, 1.54) is 30.6 Å². The van der Waals surface area contributed by atoms with Crippen LogP contribution in [0.15, 0.2) is 36.9 Å². The lowest BCUT2D eigenvalue weighted by Crippen LogP contribution is -2.34. The van der Waals surface area contributed by atoms with Gasteiger partial charge in [-0.1, -0.05) is 0 Å². The SMILES string of the molecule is O=C(CCCn1cncn1)NCCNC(=O)c1ccc(F)cc1. The minimum atomic E-state index is -0.389. The van der Waals surface area contributed by atoms with Gasteiger partial charge >= 0.3 is 0 Å². The molecule has 0 aliphatic heterocycles. The normalized spacial score (nSPS) is 10.3. The van der Waals surface area contributed by atoms with Gasteiger partial charge in [-0.2, -0.15) is 5.10 Å². The minimum Gasteiger partial charge on any atom is -0.354 e. The molecule has 2 rings (SSSR count). The summed E-state index contributed by atoms with van der Waals surface area (Å²) in [5, 5.41) is 9.32. The zero-order valence-electron chi connectivity index (χ0n) is 12.5. The minimum absolute atomic E-state index is 0.0823. The van der Waals surface area contributed by atoms with Crippen molar-refractivity contribution in [2.75, 3.05) is 13.1 Å². The maximum atomic E-state index is 12.7. The van der Waals surface area contributed by atoms with Crippen molar-refractivity contribution >= 4 is 11.8 Å². The lowest BCUT2D eigenvalue weighted by molar-refractivity contribution is -0.121. The molecule has 2 aromatic rings. The van der Waals surface area contributed by atoms with Gasteiger partial charge in [-0.25, -0.2) is 9.37 Å². The van der Waals surface area contributed by atoms with Crippen LogP contribution in [-0.4, -0.2) is 39.7 Å². The summed E-state index contributed by atoms with van der Waals surface area (Å²) < 4.78 is 14.4. The molecule has 1 heterocycles. The fourth-order valence-electron chi connectivity index (χ4n) is 1.92. The standard InChI is InChI=1S/C15H18FN5O2/c16-13-5-3-12(4-6-13)15(23)19-8-7-18-14(22)2-1-9-21-11-17-10-20-21/h3-6,10-11H,1-2,7-9H2,(H,18,22)(H,19,23). The maximum Gasteiger partial charge on any atom is 0.251 e. The first-order valence-electron chi connectivity index (χ1n) is 7.28. The van der Waals surface area contributed by atoms with E-state index in [1.807, 2.05) is 0 Å². The first-order chi connectivity index (χ1) is 11.1. The average Bonchev–Trinajstić information content (AvgIpc) is 3.05. The highest BCUT2D eigenvalue weighted by Gasteiger charge is 2.05. The number of halogens is 1. The van der Waals surface area contributed by atoms with Crippen LogP contribution in [0.3, 0.4) is 0 Å². The van der Waals surface area contributed by atoms with Crippen LogP contribution in [0.4, 0.5) is 4.39 Å². The molecule has 2 N–H and O–H groups in total. The summed E-state index contributed by atoms with van der Waals surface area (Å²) >= 11 is 0. The molecule has 0 radical (unpaired) electrons. The van der Waals surface area contributed by atoms with E-state index in [0.717, 1.165) is 0 Å². The van der Waals surface area contributed by atoms with E-state index in [0.29, 0.717) is 38.0 Å². The Morgan fingerprint density at radius 1 is 1.13 bits per heavy atom. The summed E-state index contributed by atoms with van der Waals surface area (Å²) in [6.45, 7) is 1.29. The van der Waals surface area contributed by atoms with E-state index in [1.54, 1.807) is 11.0 Å². The fraction of sp³-hybridized carbons (Fsp3) is 0.333. The van der Waals surface area contributed by atoms with E-state index in [-0.39, 0.29) is 17.6 Å². The number of hydrogen-bond acceptors (Lipinski definition) is 4. The van der Waals surface area contributed by atoms with Crippen LogP contribution in [-0.2, 0) is 11.3 Å². The molecule has 0 spiro atoms. The second-order valence-corrected chi connectivity index (χ2v) is 4.87. The Morgan fingerprint density at radius 2 is 1.87 bits per heavy atom. The molecular weight excluding hydrogens is 301 g/mol. The Balaban J connectivity index is 1.56. The Morgan fingerprint density at radius 3 is 2.57 bits per heavy atom. The van der Waals surface area contributed by atoms with E-state index in [9.17, 15) is 14.0 Å². The first-order valence-corrected chi connectivity index (χ1v) is 7.28. The third kappa shape index (κ3) is 5.85. The summed E-state index contributed by atoms with van der Waals surface area (Å²) in [5.41, 5.74) is 0.380. The highest BCUT2D eigenvalue weighted by atomic mass is 19.1. The molecule has 0 saturated heterocycles. The molecule has 23 heavy (non-hydrogen) atoms. The second-order valence-electron chi connectivity index (χ2n) is 4.87. The zero-order valence-corrected chi connectivity index (χ0v) is 12.5. The molecular formula is C15H18FN5O2. The van der Waals surface area contributed by atoms with Crippen LogP contribution in [0.1, 0.15) is 23.2 Å². The molecule has 0 atom stereocenters. The van der Waals surface area contributed by atoms with E-state index in [2.05, 4.69) is 20.7 Å². The number of amides is 2. The van der Waals surface area contributed by atoms with Crippen LogP contribution in [0, 0.1) is 5.82 Å². The Hall–Kier alpha value is -2.77. The van der Waals surface area contributed by atoms with Crippen LogP contribution in [0.5, 0.6) is 0 Å². The predicted molar refractivity (Wildman–Crippen MR) is 81.0 cm³/mol. The van der Waals surface area contributed by atoms with Crippen LogP contribution in [0.25, 0.3) is 0 Å². The van der Waals surface area contributed by atoms with Crippen molar-refractivity contribution in [1.82, 2.24) is 25.4 Å². The van der Waals surface area contributed by atoms with E-state index in [4.69, 9.17) is 0 Å². The topological polar surface area (TPSA) is 88.9 Å². The summed E-state index contributed by atoms with van der Waals surface area (Å²) in [6.07, 6.45) is 4.09. The van der Waals surface area contributed by atoms with Gasteiger partial charge in [0.15, 0.2) is 0 Å². The van der Waals surface area contributed by atoms with Gasteiger partial charge in [0.1, 0.15) is 18.5 Å². The summed E-state index contributed by atoms with van der Waals surface area (Å²) in [6, 6.07) is 5.28. The number of carbonyl (C=O) groups excluding carboxylic acids is 2. The molecule has 1 aromatic heterocycles. The van der Waals surface area contributed by atoms with Gasteiger partial charge in [0, 0.05) is 31.6 Å². The molecule has 122 valence electrons. The number of rotatable bonds is 8. The van der Waals surface area contributed by atoms with Gasteiger partial charge in [0.25, 0.3) is 5.91 Å². The van der Waals surface area contributed by atoms with E-state index < -0.39 is 0 Å². The predicted octanol–water partition coefficient (Wildman–Crippen LogP) is 0.744. The number of carbonyl (C=O) groups is 2. The number of hydrogen-bond donors (Lipinski definition) is 2. The first kappa shape index (κ1) is 16.6. The number of nitrogens with zero attached hydrogens (tertiary/aromatic N) is 3. The zero-order chi connectivity index (χ0) is 16.5. The molecule has 0 unspecified atom stereocenters. The van der Waals surface area contributed by atoms with Gasteiger partial charge < -0.3 is 10.6 Å². The molecule has 0 saturated carbocycles. The molecule has 1 aromatic carbocycles. The summed E-state index contributed by atoms with van der Waals surface area (Å²) in [4.78, 5) is 27.2. The third-order valence-electron chi connectivity index (χ3n) is 3.10. The van der Waals surface area contributed by atoms with Gasteiger partial charge in [-0.05, 0) is 30.7 Å². The number of aryl methyl sites for hydroxylation is 1. The molecule has 0 fully saturated rings. The Bertz CT molecular complexity index is 628. The van der Waals surface area contributed by atoms with Gasteiger partial charge in [-0.3, -0.25) is 14.3 Å². The number of benzene rings is 1. The largest absolute Gasteiger partial charge is 0.354 e. The Kier molecular flexibility index (Phi) is 6.22. The van der Waals surface area contributed by atoms with Crippen molar-refractivity contribution in [1.29, 1.82) is 0 Å². The van der Waals surface area contributed by atoms with Crippen LogP contribution >= 0.6 is 0 Å². The van der Waals surface area contributed by atoms with Crippen molar-refractivity contribution in [3.63, 3.8) is 0 Å². The highest BCUT2D eigenvalue weighted by molar-refractivity contribution is 5.94. The Labute approximate surface area is 132 Å². The third-order valence-corrected chi connectivity index (χ3v) is 3.10. The number of nitrogens with one attached hydrogen (secondary N) is 2. The van der Waals surface area contributed by atoms with Crippen molar-refractivity contribution in [2.24, 2.45) is 0 Å². The van der Waals surface area contributed by atoms with E-state index >= 15 is 0 Å². The lowest BCUT2D eigenvalue weighted by atomic mass is 10.2. The van der Waals surface area contributed by atoms with Gasteiger partial charge in [-0.15, -0.1) is 0 Å². The monoisotopic (exact) mass is 319 g/mol. The van der Waals surface area contributed by atoms with Crippen molar-refractivity contribution in [3.8, 4) is 0 Å². The quantitative estimate of drug-likeness (QED) is 0.703. The second kappa shape index (κ2) is 8.62. The molecule has 0 aliphatic carbocycles. The van der Waals surface area contributed by atoms with Crippen molar-refractivity contribution in [2.45, 2.75) is 19.4 Å². The molecule has 7 nitrogen and oxygen atoms in total. The lowest BCUT2D eigenvalue weighted by Gasteiger charge is -2.07. The van der Waals surface area contributed by atoms with Crippen molar-refractivity contribution < 1.29 is 14.0 Å². The van der Waals surface area contributed by atoms with Crippen LogP contribution in [0.2, 0.25) is 0 Å². The summed E-state index contributed by atoms with van der Waals surface area (Å²) in [7, 11) is 0. The average molecular weight is 319 g/mol. The molecule has 0 bridgehead atoms. The maximum absolute atomic E-state index is 12.7. The summed E-state index contributed by atoms with van der Waals surface area (Å²) in [5.74, 6) is -0.772. The molecule has 2 amide bonds. The highest BCUT2D eigenvalue weighted by Crippen LogP contribution is 2.02. The van der Waals surface area contributed by atoms with Crippen LogP contribution < -0.4 is 10.6 Å². The van der Waals surface area contributed by atoms with Gasteiger partial charge in [0.05, 0.1) is 0 Å². The van der Waals surface area contributed by atoms with Crippen molar-refractivity contribution in [3.05, 3.63) is 48.3 Å². The fourth-order valence-corrected chi connectivity index (χ4v) is 1.92. The number of aromatic nitrogens is 3. The van der Waals surface area contributed by atoms with Gasteiger partial charge in [0.2, 0.25) is 5.91 Å². The molecule has 0 aliphatic rings. The smallest absolute Gasteiger partial charge is 0.251 e. The molecule has 8 heteroatoms.